The Balaban J connectivity index is 1.84. The van der Waals surface area contributed by atoms with Gasteiger partial charge in [0.05, 0.1) is 6.54 Å². The van der Waals surface area contributed by atoms with Crippen molar-refractivity contribution in [3.05, 3.63) is 59.7 Å². The lowest BCUT2D eigenvalue weighted by Crippen LogP contribution is -2.40. The Labute approximate surface area is 189 Å². The Hall–Kier alpha value is -3.39. The van der Waals surface area contributed by atoms with Crippen LogP contribution in [0.3, 0.4) is 0 Å². The highest BCUT2D eigenvalue weighted by atomic mass is 16.5. The Morgan fingerprint density at radius 3 is 2.28 bits per heavy atom. The van der Waals surface area contributed by atoms with Crippen LogP contribution in [-0.2, 0) is 9.53 Å². The van der Waals surface area contributed by atoms with Crippen LogP contribution < -0.4 is 21.3 Å². The van der Waals surface area contributed by atoms with Gasteiger partial charge in [0, 0.05) is 48.3 Å². The first-order chi connectivity index (χ1) is 15.2. The van der Waals surface area contributed by atoms with Gasteiger partial charge in [0.2, 0.25) is 5.91 Å². The second-order valence-corrected chi connectivity index (χ2v) is 8.37. The van der Waals surface area contributed by atoms with E-state index in [1.807, 2.05) is 20.8 Å². The second-order valence-electron chi connectivity index (χ2n) is 8.37. The van der Waals surface area contributed by atoms with Crippen molar-refractivity contribution in [2.45, 2.75) is 32.7 Å². The average Bonchev–Trinajstić information content (AvgIpc) is 2.74. The lowest BCUT2D eigenvalue weighted by Gasteiger charge is -2.20. The van der Waals surface area contributed by atoms with E-state index in [0.717, 1.165) is 6.42 Å². The molecule has 0 unspecified atom stereocenters. The summed E-state index contributed by atoms with van der Waals surface area (Å²) in [4.78, 5) is 36.6. The van der Waals surface area contributed by atoms with Gasteiger partial charge in [0.1, 0.15) is 0 Å². The monoisotopic (exact) mass is 440 g/mol. The van der Waals surface area contributed by atoms with Gasteiger partial charge in [-0.3, -0.25) is 14.4 Å². The third-order valence-corrected chi connectivity index (χ3v) is 4.31. The van der Waals surface area contributed by atoms with E-state index in [1.54, 1.807) is 55.6 Å². The van der Waals surface area contributed by atoms with Gasteiger partial charge in [-0.25, -0.2) is 0 Å². The maximum absolute atomic E-state index is 12.3. The topological polar surface area (TPSA) is 109 Å². The summed E-state index contributed by atoms with van der Waals surface area (Å²) in [5.41, 5.74) is 1.97. The number of carbonyl (C=O) groups excluding carboxylic acids is 3. The molecule has 0 atom stereocenters. The van der Waals surface area contributed by atoms with Crippen molar-refractivity contribution < 1.29 is 19.1 Å². The van der Waals surface area contributed by atoms with Crippen molar-refractivity contribution in [2.24, 2.45) is 0 Å². The number of methoxy groups -OCH3 is 1. The first-order valence-electron chi connectivity index (χ1n) is 10.5. The molecular formula is C24H32N4O4. The molecule has 2 rings (SSSR count). The minimum atomic E-state index is -0.322. The minimum absolute atomic E-state index is 0.0329. The molecule has 3 amide bonds. The predicted molar refractivity (Wildman–Crippen MR) is 126 cm³/mol. The van der Waals surface area contributed by atoms with Crippen LogP contribution in [0.4, 0.5) is 11.4 Å². The SMILES string of the molecule is COCCCNC(=O)c1cccc(NCC(=O)Nc2ccc(C(=O)NC(C)(C)C)cc2)c1. The molecule has 172 valence electrons. The maximum Gasteiger partial charge on any atom is 0.251 e. The third kappa shape index (κ3) is 8.77. The van der Waals surface area contributed by atoms with Crippen LogP contribution in [0.2, 0.25) is 0 Å². The summed E-state index contributed by atoms with van der Waals surface area (Å²) >= 11 is 0. The summed E-state index contributed by atoms with van der Waals surface area (Å²) < 4.78 is 4.96. The van der Waals surface area contributed by atoms with Gasteiger partial charge < -0.3 is 26.0 Å². The van der Waals surface area contributed by atoms with Gasteiger partial charge >= 0.3 is 0 Å². The molecule has 4 N–H and O–H groups in total. The fourth-order valence-electron chi connectivity index (χ4n) is 2.80. The summed E-state index contributed by atoms with van der Waals surface area (Å²) in [6, 6.07) is 13.7. The van der Waals surface area contributed by atoms with Gasteiger partial charge in [-0.1, -0.05) is 6.07 Å². The zero-order valence-corrected chi connectivity index (χ0v) is 19.1. The fraction of sp³-hybridized carbons (Fsp3) is 0.375. The van der Waals surface area contributed by atoms with Crippen molar-refractivity contribution >= 4 is 29.1 Å². The summed E-state index contributed by atoms with van der Waals surface area (Å²) in [5, 5.41) is 11.5. The maximum atomic E-state index is 12.3. The van der Waals surface area contributed by atoms with Crippen LogP contribution in [-0.4, -0.2) is 50.1 Å². The number of carbonyl (C=O) groups is 3. The predicted octanol–water partition coefficient (Wildman–Crippen LogP) is 3.03. The molecule has 8 heteroatoms. The molecule has 0 aliphatic heterocycles. The summed E-state index contributed by atoms with van der Waals surface area (Å²) in [6.45, 7) is 6.89. The molecule has 0 heterocycles. The van der Waals surface area contributed by atoms with Crippen molar-refractivity contribution in [1.82, 2.24) is 10.6 Å². The molecule has 8 nitrogen and oxygen atoms in total. The number of hydrogen-bond donors (Lipinski definition) is 4. The number of rotatable bonds is 10. The van der Waals surface area contributed by atoms with Crippen LogP contribution >= 0.6 is 0 Å². The van der Waals surface area contributed by atoms with E-state index in [1.165, 1.54) is 0 Å². The Kier molecular flexibility index (Phi) is 9.22. The van der Waals surface area contributed by atoms with E-state index in [9.17, 15) is 14.4 Å². The normalized spacial score (nSPS) is 10.9. The molecule has 2 aromatic rings. The lowest BCUT2D eigenvalue weighted by atomic mass is 10.1. The van der Waals surface area contributed by atoms with Crippen molar-refractivity contribution in [3.63, 3.8) is 0 Å². The van der Waals surface area contributed by atoms with E-state index in [2.05, 4.69) is 21.3 Å². The highest BCUT2D eigenvalue weighted by Crippen LogP contribution is 2.13. The summed E-state index contributed by atoms with van der Waals surface area (Å²) in [6.07, 6.45) is 0.739. The van der Waals surface area contributed by atoms with Crippen molar-refractivity contribution in [1.29, 1.82) is 0 Å². The van der Waals surface area contributed by atoms with E-state index < -0.39 is 0 Å². The summed E-state index contributed by atoms with van der Waals surface area (Å²) in [5.74, 6) is -0.587. The number of amides is 3. The quantitative estimate of drug-likeness (QED) is 0.425. The number of hydrogen-bond acceptors (Lipinski definition) is 5. The molecule has 0 fully saturated rings. The molecule has 0 aliphatic carbocycles. The van der Waals surface area contributed by atoms with Crippen LogP contribution in [0.5, 0.6) is 0 Å². The van der Waals surface area contributed by atoms with Gasteiger partial charge in [-0.2, -0.15) is 0 Å². The largest absolute Gasteiger partial charge is 0.385 e. The van der Waals surface area contributed by atoms with Gasteiger partial charge in [-0.05, 0) is 69.7 Å². The summed E-state index contributed by atoms with van der Waals surface area (Å²) in [7, 11) is 1.62. The Bertz CT molecular complexity index is 920. The van der Waals surface area contributed by atoms with Crippen LogP contribution in [0.1, 0.15) is 47.9 Å². The molecule has 0 saturated heterocycles. The van der Waals surface area contributed by atoms with Gasteiger partial charge in [0.15, 0.2) is 0 Å². The molecular weight excluding hydrogens is 408 g/mol. The molecule has 2 aromatic carbocycles. The first kappa shape index (κ1) is 24.9. The molecule has 0 bridgehead atoms. The molecule has 32 heavy (non-hydrogen) atoms. The number of benzene rings is 2. The zero-order chi connectivity index (χ0) is 23.6. The minimum Gasteiger partial charge on any atom is -0.385 e. The molecule has 0 aromatic heterocycles. The molecule has 0 spiro atoms. The number of nitrogens with one attached hydrogen (secondary N) is 4. The van der Waals surface area contributed by atoms with E-state index >= 15 is 0 Å². The Morgan fingerprint density at radius 1 is 0.906 bits per heavy atom. The highest BCUT2D eigenvalue weighted by molar-refractivity contribution is 5.97. The van der Waals surface area contributed by atoms with E-state index in [-0.39, 0.29) is 29.8 Å². The third-order valence-electron chi connectivity index (χ3n) is 4.31. The van der Waals surface area contributed by atoms with E-state index in [4.69, 9.17) is 4.74 Å². The zero-order valence-electron chi connectivity index (χ0n) is 19.1. The second kappa shape index (κ2) is 11.9. The Morgan fingerprint density at radius 2 is 1.62 bits per heavy atom. The first-order valence-corrected chi connectivity index (χ1v) is 10.5. The van der Waals surface area contributed by atoms with Gasteiger partial charge in [-0.15, -0.1) is 0 Å². The number of ether oxygens (including phenoxy) is 1. The van der Waals surface area contributed by atoms with Gasteiger partial charge in [0.25, 0.3) is 11.8 Å². The molecule has 0 aliphatic rings. The highest BCUT2D eigenvalue weighted by Gasteiger charge is 2.15. The number of anilines is 2. The smallest absolute Gasteiger partial charge is 0.251 e. The standard InChI is InChI=1S/C24H32N4O4/c1-24(2,3)28-23(31)17-9-11-19(12-10-17)27-21(29)16-26-20-8-5-7-18(15-20)22(30)25-13-6-14-32-4/h5,7-12,15,26H,6,13-14,16H2,1-4H3,(H,25,30)(H,27,29)(H,28,31). The van der Waals surface area contributed by atoms with Crippen molar-refractivity contribution in [2.75, 3.05) is 37.4 Å². The van der Waals surface area contributed by atoms with Crippen molar-refractivity contribution in [3.8, 4) is 0 Å². The molecule has 0 saturated carbocycles. The van der Waals surface area contributed by atoms with Crippen LogP contribution in [0.25, 0.3) is 0 Å². The lowest BCUT2D eigenvalue weighted by molar-refractivity contribution is -0.114. The fourth-order valence-corrected chi connectivity index (χ4v) is 2.80. The molecule has 0 radical (unpaired) electrons. The van der Waals surface area contributed by atoms with Crippen LogP contribution in [0.15, 0.2) is 48.5 Å². The van der Waals surface area contributed by atoms with Crippen LogP contribution in [0, 0.1) is 0 Å². The average molecular weight is 441 g/mol. The van der Waals surface area contributed by atoms with E-state index in [0.29, 0.717) is 35.7 Å².